The predicted octanol–water partition coefficient (Wildman–Crippen LogP) is 3.08. The molecule has 0 aliphatic rings. The number of benzene rings is 2. The second-order valence-corrected chi connectivity index (χ2v) is 5.02. The van der Waals surface area contributed by atoms with Gasteiger partial charge in [-0.1, -0.05) is 31.4 Å². The molecule has 1 heterocycles. The molecule has 120 valence electrons. The van der Waals surface area contributed by atoms with E-state index in [1.807, 2.05) is 24.3 Å². The van der Waals surface area contributed by atoms with Gasteiger partial charge in [0.05, 0.1) is 0 Å². The summed E-state index contributed by atoms with van der Waals surface area (Å²) in [4.78, 5) is 12.8. The van der Waals surface area contributed by atoms with Crippen LogP contribution < -0.4 is 0 Å². The Balaban J connectivity index is 2.03. The molecule has 1 aromatic heterocycles. The summed E-state index contributed by atoms with van der Waals surface area (Å²) in [6.07, 6.45) is 1.91. The minimum atomic E-state index is -0.667. The zero-order chi connectivity index (χ0) is 17.1. The zero-order valence-corrected chi connectivity index (χ0v) is 12.8. The van der Waals surface area contributed by atoms with Crippen LogP contribution in [0.2, 0.25) is 0 Å². The van der Waals surface area contributed by atoms with Gasteiger partial charge in [-0.15, -0.1) is 15.0 Å². The Labute approximate surface area is 138 Å². The van der Waals surface area contributed by atoms with Crippen molar-refractivity contribution in [3.63, 3.8) is 0 Å². The number of hydrogen-bond donors (Lipinski definition) is 1. The van der Waals surface area contributed by atoms with E-state index in [4.69, 9.17) is 4.74 Å². The van der Waals surface area contributed by atoms with E-state index in [0.29, 0.717) is 22.3 Å². The average molecular weight is 321 g/mol. The summed E-state index contributed by atoms with van der Waals surface area (Å²) in [5.74, 6) is -0.547. The molecule has 0 amide bonds. The molecule has 0 spiro atoms. The van der Waals surface area contributed by atoms with Gasteiger partial charge in [0.25, 0.3) is 0 Å². The number of carbonyl (C=O) groups excluding carboxylic acids is 1. The van der Waals surface area contributed by atoms with E-state index in [-0.39, 0.29) is 5.75 Å². The normalized spacial score (nSPS) is 11.8. The number of rotatable bonds is 5. The molecule has 3 rings (SSSR count). The number of ether oxygens (including phenoxy) is 1. The molecule has 2 aromatic carbocycles. The highest BCUT2D eigenvalue weighted by atomic mass is 16.5. The van der Waals surface area contributed by atoms with Crippen LogP contribution in [0.4, 0.5) is 0 Å². The smallest absolute Gasteiger partial charge is 0.331 e. The lowest BCUT2D eigenvalue weighted by molar-refractivity contribution is -0.141. The van der Waals surface area contributed by atoms with Crippen molar-refractivity contribution in [1.29, 1.82) is 0 Å². The first-order chi connectivity index (χ1) is 11.6. The third-order valence-corrected chi connectivity index (χ3v) is 3.45. The van der Waals surface area contributed by atoms with E-state index in [0.717, 1.165) is 6.08 Å². The van der Waals surface area contributed by atoms with Gasteiger partial charge in [-0.25, -0.2) is 4.79 Å². The first kappa shape index (κ1) is 15.5. The Morgan fingerprint density at radius 3 is 2.42 bits per heavy atom. The second kappa shape index (κ2) is 6.37. The summed E-state index contributed by atoms with van der Waals surface area (Å²) < 4.78 is 5.22. The lowest BCUT2D eigenvalue weighted by Gasteiger charge is -2.14. The fourth-order valence-electron chi connectivity index (χ4n) is 2.27. The maximum Gasteiger partial charge on any atom is 0.331 e. The molecule has 0 radical (unpaired) electrons. The van der Waals surface area contributed by atoms with Crippen molar-refractivity contribution in [3.05, 3.63) is 73.3 Å². The van der Waals surface area contributed by atoms with Crippen molar-refractivity contribution in [2.24, 2.45) is 0 Å². The molecule has 1 unspecified atom stereocenters. The fourth-order valence-corrected chi connectivity index (χ4v) is 2.27. The van der Waals surface area contributed by atoms with Gasteiger partial charge >= 0.3 is 5.97 Å². The van der Waals surface area contributed by atoms with Crippen molar-refractivity contribution in [1.82, 2.24) is 15.0 Å². The van der Waals surface area contributed by atoms with Crippen LogP contribution in [0.3, 0.4) is 0 Å². The molecule has 1 atom stereocenters. The Hall–Kier alpha value is -3.41. The Bertz CT molecular complexity index is 897. The van der Waals surface area contributed by atoms with Gasteiger partial charge in [-0.2, -0.15) is 0 Å². The lowest BCUT2D eigenvalue weighted by Crippen LogP contribution is -2.08. The largest absolute Gasteiger partial charge is 0.506 e. The quantitative estimate of drug-likeness (QED) is 0.444. The molecular weight excluding hydrogens is 306 g/mol. The summed E-state index contributed by atoms with van der Waals surface area (Å²) in [5.41, 5.74) is 2.43. The molecule has 0 saturated heterocycles. The van der Waals surface area contributed by atoms with Gasteiger partial charge in [0.2, 0.25) is 0 Å². The maximum atomic E-state index is 11.4. The molecule has 0 aliphatic carbocycles. The molecule has 0 bridgehead atoms. The molecule has 0 fully saturated rings. The highest BCUT2D eigenvalue weighted by Crippen LogP contribution is 2.28. The average Bonchev–Trinajstić information content (AvgIpc) is 3.03. The van der Waals surface area contributed by atoms with E-state index in [1.165, 1.54) is 16.9 Å². The Morgan fingerprint density at radius 2 is 1.83 bits per heavy atom. The monoisotopic (exact) mass is 321 g/mol. The number of carbonyl (C=O) groups is 1. The van der Waals surface area contributed by atoms with Crippen LogP contribution in [0.25, 0.3) is 16.7 Å². The summed E-state index contributed by atoms with van der Waals surface area (Å²) in [7, 11) is 0. The highest BCUT2D eigenvalue weighted by molar-refractivity contribution is 5.81. The van der Waals surface area contributed by atoms with E-state index in [1.54, 1.807) is 12.1 Å². The summed E-state index contributed by atoms with van der Waals surface area (Å²) >= 11 is 0. The number of aromatic hydroxyl groups is 1. The molecule has 3 aromatic rings. The van der Waals surface area contributed by atoms with Crippen molar-refractivity contribution in [3.8, 4) is 11.4 Å². The van der Waals surface area contributed by atoms with E-state index in [9.17, 15) is 9.90 Å². The number of phenols is 1. The summed E-state index contributed by atoms with van der Waals surface area (Å²) in [6.45, 7) is 7.04. The molecule has 6 nitrogen and oxygen atoms in total. The first-order valence-corrected chi connectivity index (χ1v) is 7.23. The van der Waals surface area contributed by atoms with Crippen LogP contribution in [0.1, 0.15) is 11.7 Å². The van der Waals surface area contributed by atoms with Crippen LogP contribution >= 0.6 is 0 Å². The topological polar surface area (TPSA) is 77.2 Å². The van der Waals surface area contributed by atoms with Crippen LogP contribution in [-0.2, 0) is 9.53 Å². The van der Waals surface area contributed by atoms with Crippen LogP contribution in [0, 0.1) is 0 Å². The van der Waals surface area contributed by atoms with Crippen molar-refractivity contribution >= 4 is 17.0 Å². The summed E-state index contributed by atoms with van der Waals surface area (Å²) in [5, 5.41) is 18.8. The number of fused-ring (bicyclic) bond motifs is 1. The van der Waals surface area contributed by atoms with Crippen molar-refractivity contribution in [2.45, 2.75) is 6.10 Å². The van der Waals surface area contributed by atoms with Crippen LogP contribution in [0.5, 0.6) is 5.75 Å². The molecule has 1 N–H and O–H groups in total. The van der Waals surface area contributed by atoms with Gasteiger partial charge in [0.1, 0.15) is 28.6 Å². The van der Waals surface area contributed by atoms with E-state index < -0.39 is 12.1 Å². The standard InChI is InChI=1S/C18H15N3O3/c1-3-17(24-18(23)4-2)12-9-10-16(22)15(11-12)21-19-13-7-5-6-8-14(13)20-21/h3-11,17,22H,1-2H2. The minimum Gasteiger partial charge on any atom is -0.506 e. The number of hydrogen-bond acceptors (Lipinski definition) is 5. The van der Waals surface area contributed by atoms with Crippen LogP contribution in [-0.4, -0.2) is 26.1 Å². The van der Waals surface area contributed by atoms with Crippen molar-refractivity contribution < 1.29 is 14.6 Å². The van der Waals surface area contributed by atoms with Gasteiger partial charge in [-0.05, 0) is 35.9 Å². The maximum absolute atomic E-state index is 11.4. The molecule has 24 heavy (non-hydrogen) atoms. The highest BCUT2D eigenvalue weighted by Gasteiger charge is 2.16. The Morgan fingerprint density at radius 1 is 1.17 bits per heavy atom. The first-order valence-electron chi connectivity index (χ1n) is 7.23. The number of nitrogens with zero attached hydrogens (tertiary/aromatic N) is 3. The third-order valence-electron chi connectivity index (χ3n) is 3.45. The second-order valence-electron chi connectivity index (χ2n) is 5.02. The van der Waals surface area contributed by atoms with E-state index in [2.05, 4.69) is 23.4 Å². The number of esters is 1. The Kier molecular flexibility index (Phi) is 4.11. The third kappa shape index (κ3) is 2.89. The van der Waals surface area contributed by atoms with Crippen LogP contribution in [0.15, 0.2) is 67.8 Å². The van der Waals surface area contributed by atoms with Gasteiger partial charge in [0.15, 0.2) is 0 Å². The van der Waals surface area contributed by atoms with Gasteiger partial charge in [-0.3, -0.25) is 0 Å². The molecule has 0 saturated carbocycles. The minimum absolute atomic E-state index is 0.0110. The number of aromatic nitrogens is 3. The fraction of sp³-hybridized carbons (Fsp3) is 0.0556. The van der Waals surface area contributed by atoms with E-state index >= 15 is 0 Å². The predicted molar refractivity (Wildman–Crippen MR) is 89.8 cm³/mol. The van der Waals surface area contributed by atoms with Gasteiger partial charge in [0, 0.05) is 6.08 Å². The molecular formula is C18H15N3O3. The zero-order valence-electron chi connectivity index (χ0n) is 12.8. The summed E-state index contributed by atoms with van der Waals surface area (Å²) in [6, 6.07) is 12.2. The lowest BCUT2D eigenvalue weighted by atomic mass is 10.1. The SMILES string of the molecule is C=CC(=O)OC(C=C)c1ccc(O)c(-n2nc3ccccc3n2)c1. The molecule has 6 heteroatoms. The number of phenolic OH excluding ortho intramolecular Hbond substituents is 1. The van der Waals surface area contributed by atoms with Gasteiger partial charge < -0.3 is 9.84 Å². The van der Waals surface area contributed by atoms with Crippen molar-refractivity contribution in [2.75, 3.05) is 0 Å². The molecule has 0 aliphatic heterocycles.